The van der Waals surface area contributed by atoms with E-state index in [1.54, 1.807) is 53.3 Å². The second kappa shape index (κ2) is 15.8. The lowest BCUT2D eigenvalue weighted by Crippen LogP contribution is -2.39. The van der Waals surface area contributed by atoms with Crippen molar-refractivity contribution in [1.29, 1.82) is 0 Å². The third-order valence-electron chi connectivity index (χ3n) is 5.30. The molecular formula is C25H48N4O3S. The largest absolute Gasteiger partial charge is 0.348 e. The molecule has 0 aliphatic carbocycles. The molecule has 0 bridgehead atoms. The van der Waals surface area contributed by atoms with E-state index < -0.39 is 0 Å². The fourth-order valence-electron chi connectivity index (χ4n) is 2.55. The van der Waals surface area contributed by atoms with Crippen LogP contribution in [0.3, 0.4) is 0 Å². The fourth-order valence-corrected chi connectivity index (χ4v) is 3.22. The third-order valence-corrected chi connectivity index (χ3v) is 6.07. The Kier molecular flexibility index (Phi) is 15.9. The first-order valence-corrected chi connectivity index (χ1v) is 12.4. The van der Waals surface area contributed by atoms with Gasteiger partial charge in [0, 0.05) is 64.6 Å². The van der Waals surface area contributed by atoms with E-state index in [0.717, 1.165) is 11.6 Å². The lowest BCUT2D eigenvalue weighted by Gasteiger charge is -2.30. The van der Waals surface area contributed by atoms with Crippen LogP contribution in [0.25, 0.3) is 0 Å². The molecule has 7 nitrogen and oxygen atoms in total. The molecule has 0 radical (unpaired) electrons. The summed E-state index contributed by atoms with van der Waals surface area (Å²) in [4.78, 5) is 42.8. The summed E-state index contributed by atoms with van der Waals surface area (Å²) >= 11 is 1.58. The first-order valence-electron chi connectivity index (χ1n) is 11.5. The van der Waals surface area contributed by atoms with Crippen LogP contribution in [0.1, 0.15) is 67.3 Å². The predicted octanol–water partition coefficient (Wildman–Crippen LogP) is 4.64. The Morgan fingerprint density at radius 3 is 1.73 bits per heavy atom. The number of aromatic nitrogens is 1. The Morgan fingerprint density at radius 1 is 0.970 bits per heavy atom. The Hall–Kier alpha value is -1.96. The highest BCUT2D eigenvalue weighted by molar-refractivity contribution is 7.09. The first-order chi connectivity index (χ1) is 14.9. The number of nitrogens with zero attached hydrogens (tertiary/aromatic N) is 4. The van der Waals surface area contributed by atoms with Gasteiger partial charge in [-0.05, 0) is 11.8 Å². The van der Waals surface area contributed by atoms with Crippen LogP contribution in [0.2, 0.25) is 0 Å². The van der Waals surface area contributed by atoms with Crippen LogP contribution in [0.15, 0.2) is 11.6 Å². The summed E-state index contributed by atoms with van der Waals surface area (Å²) in [5, 5.41) is 2.90. The molecule has 0 aliphatic rings. The Labute approximate surface area is 206 Å². The van der Waals surface area contributed by atoms with Crippen LogP contribution < -0.4 is 0 Å². The van der Waals surface area contributed by atoms with E-state index in [1.807, 2.05) is 47.2 Å². The normalized spacial score (nSPS) is 10.8. The van der Waals surface area contributed by atoms with Gasteiger partial charge in [0.25, 0.3) is 0 Å². The summed E-state index contributed by atoms with van der Waals surface area (Å²) < 4.78 is 0. The maximum Gasteiger partial charge on any atom is 0.227 e. The Bertz CT molecular complexity index is 699. The zero-order valence-corrected chi connectivity index (χ0v) is 24.0. The van der Waals surface area contributed by atoms with Crippen LogP contribution in [0, 0.1) is 23.2 Å². The van der Waals surface area contributed by atoms with Crippen molar-refractivity contribution in [3.05, 3.63) is 16.6 Å². The van der Waals surface area contributed by atoms with Crippen LogP contribution in [0.4, 0.5) is 0 Å². The summed E-state index contributed by atoms with van der Waals surface area (Å²) in [6, 6.07) is 0. The number of amides is 3. The lowest BCUT2D eigenvalue weighted by atomic mass is 9.80. The van der Waals surface area contributed by atoms with Crippen molar-refractivity contribution in [3.8, 4) is 0 Å². The molecule has 0 saturated carbocycles. The number of hydrogen-bond donors (Lipinski definition) is 0. The van der Waals surface area contributed by atoms with E-state index in [9.17, 15) is 14.4 Å². The van der Waals surface area contributed by atoms with E-state index in [0.29, 0.717) is 18.4 Å². The molecule has 0 unspecified atom stereocenters. The summed E-state index contributed by atoms with van der Waals surface area (Å²) in [6.45, 7) is 19.2. The summed E-state index contributed by atoms with van der Waals surface area (Å²) in [5.74, 6) is 1.52. The molecule has 8 heteroatoms. The minimum atomic E-state index is -0.233. The van der Waals surface area contributed by atoms with Crippen molar-refractivity contribution in [1.82, 2.24) is 19.7 Å². The van der Waals surface area contributed by atoms with Crippen LogP contribution in [0.5, 0.6) is 0 Å². The van der Waals surface area contributed by atoms with Gasteiger partial charge < -0.3 is 14.7 Å². The van der Waals surface area contributed by atoms with E-state index in [4.69, 9.17) is 0 Å². The number of carbonyl (C=O) groups excluding carboxylic acids is 3. The van der Waals surface area contributed by atoms with Gasteiger partial charge in [-0.2, -0.15) is 0 Å². The van der Waals surface area contributed by atoms with Gasteiger partial charge in [0.1, 0.15) is 5.01 Å². The number of thiazole rings is 1. The minimum absolute atomic E-state index is 0.0602. The molecule has 1 aromatic rings. The monoisotopic (exact) mass is 484 g/mol. The van der Waals surface area contributed by atoms with Crippen molar-refractivity contribution in [2.24, 2.45) is 23.2 Å². The lowest BCUT2D eigenvalue weighted by molar-refractivity contribution is -0.140. The minimum Gasteiger partial charge on any atom is -0.348 e. The van der Waals surface area contributed by atoms with Gasteiger partial charge in [-0.25, -0.2) is 4.98 Å². The number of carbonyl (C=O) groups is 3. The molecule has 0 aromatic carbocycles. The summed E-state index contributed by atoms with van der Waals surface area (Å²) in [5.41, 5.74) is -0.233. The summed E-state index contributed by atoms with van der Waals surface area (Å²) in [6.07, 6.45) is 1.76. The predicted molar refractivity (Wildman–Crippen MR) is 139 cm³/mol. The molecule has 0 saturated heterocycles. The second-order valence-corrected chi connectivity index (χ2v) is 11.1. The van der Waals surface area contributed by atoms with Crippen LogP contribution >= 0.6 is 11.3 Å². The van der Waals surface area contributed by atoms with E-state index in [-0.39, 0.29) is 29.1 Å². The maximum absolute atomic E-state index is 11.5. The molecule has 1 rings (SSSR count). The average Bonchev–Trinajstić information content (AvgIpc) is 3.19. The molecule has 0 fully saturated rings. The molecular weight excluding hydrogens is 436 g/mol. The highest BCUT2D eigenvalue weighted by Gasteiger charge is 2.32. The van der Waals surface area contributed by atoms with Crippen LogP contribution in [-0.2, 0) is 20.9 Å². The molecule has 0 spiro atoms. The van der Waals surface area contributed by atoms with Gasteiger partial charge in [-0.3, -0.25) is 14.4 Å². The summed E-state index contributed by atoms with van der Waals surface area (Å²) in [7, 11) is 7.23. The second-order valence-electron chi connectivity index (χ2n) is 10.1. The molecule has 0 N–H and O–H groups in total. The zero-order valence-electron chi connectivity index (χ0n) is 23.2. The highest BCUT2D eigenvalue weighted by Crippen LogP contribution is 2.27. The molecule has 192 valence electrons. The van der Waals surface area contributed by atoms with Gasteiger partial charge in [-0.1, -0.05) is 55.4 Å². The molecule has 33 heavy (non-hydrogen) atoms. The first kappa shape index (κ1) is 33.2. The van der Waals surface area contributed by atoms with Gasteiger partial charge in [0.2, 0.25) is 17.7 Å². The standard InChI is InChI=1S/C9H14N2OS.C9H19NO.C7H15NO/c1-7(2)9(12)11(3)6-8-10-4-5-13-8;1-7(2)9(3,4)8(11)10(5)6;1-6(2)5-8(4)7(3)9/h4-5,7H,6H2,1-3H3;7H,1-6H3;6H,5H2,1-4H3. The topological polar surface area (TPSA) is 73.8 Å². The fraction of sp³-hybridized carbons (Fsp3) is 0.760. The molecule has 0 aliphatic heterocycles. The van der Waals surface area contributed by atoms with Crippen molar-refractivity contribution < 1.29 is 14.4 Å². The molecule has 3 amide bonds. The van der Waals surface area contributed by atoms with E-state index >= 15 is 0 Å². The van der Waals surface area contributed by atoms with Gasteiger partial charge in [0.15, 0.2) is 0 Å². The maximum atomic E-state index is 11.5. The van der Waals surface area contributed by atoms with Crippen molar-refractivity contribution in [2.45, 2.75) is 68.9 Å². The average molecular weight is 485 g/mol. The van der Waals surface area contributed by atoms with E-state index in [1.165, 1.54) is 0 Å². The van der Waals surface area contributed by atoms with Gasteiger partial charge >= 0.3 is 0 Å². The number of hydrogen-bond acceptors (Lipinski definition) is 5. The SMILES string of the molecule is CC(=O)N(C)CC(C)C.CC(C)C(=O)N(C)Cc1nccs1.CC(C)C(C)(C)C(=O)N(C)C. The van der Waals surface area contributed by atoms with Crippen molar-refractivity contribution in [3.63, 3.8) is 0 Å². The molecule has 1 heterocycles. The Morgan fingerprint density at radius 2 is 1.48 bits per heavy atom. The van der Waals surface area contributed by atoms with E-state index in [2.05, 4.69) is 32.7 Å². The van der Waals surface area contributed by atoms with Crippen molar-refractivity contribution >= 4 is 29.1 Å². The highest BCUT2D eigenvalue weighted by atomic mass is 32.1. The third kappa shape index (κ3) is 14.0. The van der Waals surface area contributed by atoms with Gasteiger partial charge in [0.05, 0.1) is 6.54 Å². The smallest absolute Gasteiger partial charge is 0.227 e. The zero-order chi connectivity index (χ0) is 26.5. The van der Waals surface area contributed by atoms with Crippen LogP contribution in [-0.4, -0.2) is 72.1 Å². The van der Waals surface area contributed by atoms with Gasteiger partial charge in [-0.15, -0.1) is 11.3 Å². The molecule has 1 aromatic heterocycles. The Balaban J connectivity index is 0. The number of rotatable bonds is 7. The molecule has 0 atom stereocenters. The quantitative estimate of drug-likeness (QED) is 0.565. The van der Waals surface area contributed by atoms with Crippen molar-refractivity contribution in [2.75, 3.05) is 34.7 Å².